The lowest BCUT2D eigenvalue weighted by Crippen LogP contribution is -2.00. The highest BCUT2D eigenvalue weighted by atomic mass is 15.0. The standard InChI is InChI=1S/C47H33N5/c1-5-14-34(15-6-1)42-32-44-38(28-29-52(44)41-22-11-4-12-23-41)31-43(42)48-40-26-24-33(25-27-40)37-20-13-21-39(30-37)47-50-45(35-16-7-2-8-17-35)49-46(51-47)36-18-9-3-10-19-36/h1-32,48H. The van der Waals surface area contributed by atoms with Gasteiger partial charge in [0.1, 0.15) is 0 Å². The molecule has 52 heavy (non-hydrogen) atoms. The lowest BCUT2D eigenvalue weighted by atomic mass is 10.0. The first-order valence-corrected chi connectivity index (χ1v) is 17.4. The number of rotatable bonds is 8. The Hall–Kier alpha value is -7.11. The number of hydrogen-bond acceptors (Lipinski definition) is 4. The van der Waals surface area contributed by atoms with Gasteiger partial charge in [0.15, 0.2) is 17.5 Å². The van der Waals surface area contributed by atoms with E-state index < -0.39 is 0 Å². The molecule has 5 nitrogen and oxygen atoms in total. The summed E-state index contributed by atoms with van der Waals surface area (Å²) in [5, 5.41) is 4.91. The van der Waals surface area contributed by atoms with Crippen molar-refractivity contribution in [3.05, 3.63) is 194 Å². The van der Waals surface area contributed by atoms with Crippen molar-refractivity contribution in [2.24, 2.45) is 0 Å². The first kappa shape index (κ1) is 30.9. The van der Waals surface area contributed by atoms with Gasteiger partial charge in [-0.3, -0.25) is 0 Å². The van der Waals surface area contributed by atoms with Crippen molar-refractivity contribution in [1.29, 1.82) is 0 Å². The molecule has 0 bridgehead atoms. The fraction of sp³-hybridized carbons (Fsp3) is 0. The van der Waals surface area contributed by atoms with Gasteiger partial charge < -0.3 is 9.88 Å². The summed E-state index contributed by atoms with van der Waals surface area (Å²) in [6.45, 7) is 0. The summed E-state index contributed by atoms with van der Waals surface area (Å²) >= 11 is 0. The Morgan fingerprint density at radius 2 is 0.904 bits per heavy atom. The van der Waals surface area contributed by atoms with Crippen LogP contribution in [0.2, 0.25) is 0 Å². The predicted octanol–water partition coefficient (Wildman–Crippen LogP) is 11.9. The minimum atomic E-state index is 0.637. The van der Waals surface area contributed by atoms with Crippen LogP contribution in [0.5, 0.6) is 0 Å². The van der Waals surface area contributed by atoms with Gasteiger partial charge >= 0.3 is 0 Å². The van der Waals surface area contributed by atoms with Gasteiger partial charge in [-0.1, -0.05) is 140 Å². The molecule has 0 radical (unpaired) electrons. The van der Waals surface area contributed by atoms with Gasteiger partial charge in [-0.2, -0.15) is 0 Å². The average Bonchev–Trinajstić information content (AvgIpc) is 3.65. The number of nitrogens with one attached hydrogen (secondary N) is 1. The van der Waals surface area contributed by atoms with Crippen LogP contribution in [0, 0.1) is 0 Å². The molecule has 0 saturated carbocycles. The smallest absolute Gasteiger partial charge is 0.164 e. The molecule has 7 aromatic carbocycles. The molecule has 5 heteroatoms. The van der Waals surface area contributed by atoms with Crippen LogP contribution in [0.1, 0.15) is 0 Å². The van der Waals surface area contributed by atoms with Crippen LogP contribution in [0.4, 0.5) is 11.4 Å². The van der Waals surface area contributed by atoms with E-state index in [-0.39, 0.29) is 0 Å². The first-order valence-electron chi connectivity index (χ1n) is 17.4. The molecule has 0 aliphatic heterocycles. The summed E-state index contributed by atoms with van der Waals surface area (Å²) in [4.78, 5) is 14.7. The van der Waals surface area contributed by atoms with E-state index in [1.54, 1.807) is 0 Å². The van der Waals surface area contributed by atoms with Crippen molar-refractivity contribution in [2.75, 3.05) is 5.32 Å². The molecular weight excluding hydrogens is 635 g/mol. The van der Waals surface area contributed by atoms with E-state index in [4.69, 9.17) is 15.0 Å². The van der Waals surface area contributed by atoms with Crippen molar-refractivity contribution in [3.63, 3.8) is 0 Å². The van der Waals surface area contributed by atoms with Crippen molar-refractivity contribution in [3.8, 4) is 62.1 Å². The highest BCUT2D eigenvalue weighted by Gasteiger charge is 2.14. The van der Waals surface area contributed by atoms with Crippen molar-refractivity contribution < 1.29 is 0 Å². The van der Waals surface area contributed by atoms with E-state index in [2.05, 4.69) is 137 Å². The Balaban J connectivity index is 1.04. The molecule has 0 saturated heterocycles. The van der Waals surface area contributed by atoms with E-state index >= 15 is 0 Å². The summed E-state index contributed by atoms with van der Waals surface area (Å²) < 4.78 is 2.25. The van der Waals surface area contributed by atoms with Gasteiger partial charge in [-0.15, -0.1) is 0 Å². The third-order valence-electron chi connectivity index (χ3n) is 9.27. The molecule has 9 aromatic rings. The van der Waals surface area contributed by atoms with Crippen LogP contribution >= 0.6 is 0 Å². The van der Waals surface area contributed by atoms with Crippen LogP contribution in [0.3, 0.4) is 0 Å². The Morgan fingerprint density at radius 1 is 0.385 bits per heavy atom. The number of para-hydroxylation sites is 1. The zero-order valence-electron chi connectivity index (χ0n) is 28.3. The van der Waals surface area contributed by atoms with Gasteiger partial charge in [-0.25, -0.2) is 15.0 Å². The molecule has 0 aliphatic carbocycles. The maximum atomic E-state index is 4.93. The average molecular weight is 668 g/mol. The monoisotopic (exact) mass is 667 g/mol. The zero-order chi connectivity index (χ0) is 34.7. The van der Waals surface area contributed by atoms with Crippen molar-refractivity contribution in [2.45, 2.75) is 0 Å². The lowest BCUT2D eigenvalue weighted by Gasteiger charge is -2.15. The number of aromatic nitrogens is 4. The number of benzene rings is 7. The van der Waals surface area contributed by atoms with Gasteiger partial charge in [0, 0.05) is 50.9 Å². The molecule has 0 atom stereocenters. The van der Waals surface area contributed by atoms with Gasteiger partial charge in [0.2, 0.25) is 0 Å². The SMILES string of the molecule is c1ccc(-c2nc(-c3ccccc3)nc(-c3cccc(-c4ccc(Nc5cc6ccn(-c7ccccc7)c6cc5-c5ccccc5)cc4)c3)n2)cc1. The normalized spacial score (nSPS) is 11.1. The molecule has 0 unspecified atom stereocenters. The second-order valence-corrected chi connectivity index (χ2v) is 12.7. The minimum absolute atomic E-state index is 0.637. The second-order valence-electron chi connectivity index (χ2n) is 12.7. The molecule has 9 rings (SSSR count). The Kier molecular flexibility index (Phi) is 8.12. The quantitative estimate of drug-likeness (QED) is 0.175. The number of hydrogen-bond donors (Lipinski definition) is 1. The maximum absolute atomic E-state index is 4.93. The molecule has 2 aromatic heterocycles. The van der Waals surface area contributed by atoms with Crippen LogP contribution in [-0.4, -0.2) is 19.5 Å². The molecular formula is C47H33N5. The maximum Gasteiger partial charge on any atom is 0.164 e. The molecule has 0 fully saturated rings. The first-order chi connectivity index (χ1) is 25.7. The van der Waals surface area contributed by atoms with Crippen molar-refractivity contribution >= 4 is 22.3 Å². The molecule has 2 heterocycles. The molecule has 246 valence electrons. The third-order valence-corrected chi connectivity index (χ3v) is 9.27. The lowest BCUT2D eigenvalue weighted by molar-refractivity contribution is 1.07. The third kappa shape index (κ3) is 6.23. The van der Waals surface area contributed by atoms with Gasteiger partial charge in [0.05, 0.1) is 5.52 Å². The minimum Gasteiger partial charge on any atom is -0.355 e. The summed E-state index contributed by atoms with van der Waals surface area (Å²) in [5.74, 6) is 1.93. The summed E-state index contributed by atoms with van der Waals surface area (Å²) in [5.41, 5.74) is 11.7. The largest absolute Gasteiger partial charge is 0.355 e. The van der Waals surface area contributed by atoms with Crippen LogP contribution in [0.25, 0.3) is 73.0 Å². The second kappa shape index (κ2) is 13.7. The number of nitrogens with zero attached hydrogens (tertiary/aromatic N) is 4. The Bertz CT molecular complexity index is 2560. The van der Waals surface area contributed by atoms with E-state index in [9.17, 15) is 0 Å². The zero-order valence-corrected chi connectivity index (χ0v) is 28.3. The predicted molar refractivity (Wildman–Crippen MR) is 214 cm³/mol. The Labute approximate surface area is 302 Å². The van der Waals surface area contributed by atoms with Crippen molar-refractivity contribution in [1.82, 2.24) is 19.5 Å². The van der Waals surface area contributed by atoms with Crippen LogP contribution < -0.4 is 5.32 Å². The van der Waals surface area contributed by atoms with Crippen LogP contribution in [0.15, 0.2) is 194 Å². The molecule has 0 aliphatic rings. The van der Waals surface area contributed by atoms with Gasteiger partial charge in [-0.05, 0) is 65.2 Å². The molecule has 0 spiro atoms. The van der Waals surface area contributed by atoms with Crippen LogP contribution in [-0.2, 0) is 0 Å². The number of anilines is 2. The molecule has 1 N–H and O–H groups in total. The number of fused-ring (bicyclic) bond motifs is 1. The fourth-order valence-electron chi connectivity index (χ4n) is 6.63. The summed E-state index contributed by atoms with van der Waals surface area (Å²) in [6, 6.07) is 64.9. The fourth-order valence-corrected chi connectivity index (χ4v) is 6.63. The Morgan fingerprint density at radius 3 is 1.52 bits per heavy atom. The van der Waals surface area contributed by atoms with Gasteiger partial charge in [0.25, 0.3) is 0 Å². The highest BCUT2D eigenvalue weighted by Crippen LogP contribution is 2.36. The molecule has 0 amide bonds. The summed E-state index contributed by atoms with van der Waals surface area (Å²) in [6.07, 6.45) is 2.14. The topological polar surface area (TPSA) is 55.6 Å². The van der Waals surface area contributed by atoms with E-state index in [0.717, 1.165) is 61.5 Å². The van der Waals surface area contributed by atoms with E-state index in [1.807, 2.05) is 66.7 Å². The highest BCUT2D eigenvalue weighted by molar-refractivity contribution is 5.95. The van der Waals surface area contributed by atoms with E-state index in [1.165, 1.54) is 5.39 Å². The van der Waals surface area contributed by atoms with E-state index in [0.29, 0.717) is 17.5 Å². The summed E-state index contributed by atoms with van der Waals surface area (Å²) in [7, 11) is 0.